The number of halogens is 2. The van der Waals surface area contributed by atoms with Gasteiger partial charge in [-0.1, -0.05) is 29.8 Å². The van der Waals surface area contributed by atoms with E-state index in [1.54, 1.807) is 0 Å². The molecular weight excluding hydrogens is 455 g/mol. The fraction of sp³-hybridized carbons (Fsp3) is 0.435. The molecule has 0 bridgehead atoms. The fourth-order valence-electron chi connectivity index (χ4n) is 3.67. The molecule has 1 aliphatic rings. The summed E-state index contributed by atoms with van der Waals surface area (Å²) in [7, 11) is -3.74. The van der Waals surface area contributed by atoms with E-state index in [2.05, 4.69) is 5.32 Å². The lowest BCUT2D eigenvalue weighted by Crippen LogP contribution is -2.43. The Hall–Kier alpha value is -2.16. The average Bonchev–Trinajstić information content (AvgIpc) is 2.75. The van der Waals surface area contributed by atoms with Crippen molar-refractivity contribution < 1.29 is 22.3 Å². The highest BCUT2D eigenvalue weighted by molar-refractivity contribution is 7.88. The molecule has 1 amide bonds. The zero-order valence-electron chi connectivity index (χ0n) is 18.2. The number of nitrogens with one attached hydrogen (secondary N) is 1. The largest absolute Gasteiger partial charge is 0.491 e. The molecule has 1 heterocycles. The van der Waals surface area contributed by atoms with Crippen LogP contribution in [0.4, 0.5) is 4.39 Å². The lowest BCUT2D eigenvalue weighted by molar-refractivity contribution is -0.126. The van der Waals surface area contributed by atoms with E-state index in [9.17, 15) is 17.6 Å². The minimum absolute atomic E-state index is 0.0299. The summed E-state index contributed by atoms with van der Waals surface area (Å²) in [6.45, 7) is 4.70. The summed E-state index contributed by atoms with van der Waals surface area (Å²) in [5.74, 6) is -0.758. The topological polar surface area (TPSA) is 75.7 Å². The Balaban J connectivity index is 1.52. The van der Waals surface area contributed by atoms with Crippen molar-refractivity contribution in [2.45, 2.75) is 45.1 Å². The predicted molar refractivity (Wildman–Crippen MR) is 122 cm³/mol. The van der Waals surface area contributed by atoms with E-state index in [4.69, 9.17) is 16.3 Å². The van der Waals surface area contributed by atoms with Crippen molar-refractivity contribution in [2.24, 2.45) is 5.92 Å². The molecule has 1 saturated heterocycles. The Bertz CT molecular complexity index is 1030. The second-order valence-electron chi connectivity index (χ2n) is 8.16. The maximum Gasteiger partial charge on any atom is 0.223 e. The number of carbonyl (C=O) groups excluding carboxylic acids is 1. The first-order valence-corrected chi connectivity index (χ1v) is 12.6. The molecule has 0 unspecified atom stereocenters. The molecule has 1 aliphatic heterocycles. The second kappa shape index (κ2) is 10.6. The first kappa shape index (κ1) is 24.5. The van der Waals surface area contributed by atoms with Crippen molar-refractivity contribution in [2.75, 3.05) is 13.1 Å². The van der Waals surface area contributed by atoms with Crippen LogP contribution >= 0.6 is 11.6 Å². The third-order valence-corrected chi connectivity index (χ3v) is 7.50. The minimum atomic E-state index is -3.74. The normalized spacial score (nSPS) is 15.7. The number of sulfonamides is 1. The number of rotatable bonds is 8. The number of carbonyl (C=O) groups is 1. The first-order valence-electron chi connectivity index (χ1n) is 10.6. The summed E-state index contributed by atoms with van der Waals surface area (Å²) in [6.07, 6.45) is 0.884. The smallest absolute Gasteiger partial charge is 0.223 e. The van der Waals surface area contributed by atoms with Gasteiger partial charge in [0.05, 0.1) is 11.9 Å². The van der Waals surface area contributed by atoms with E-state index in [-0.39, 0.29) is 41.6 Å². The molecule has 32 heavy (non-hydrogen) atoms. The van der Waals surface area contributed by atoms with E-state index in [1.807, 2.05) is 38.1 Å². The van der Waals surface area contributed by atoms with Gasteiger partial charge in [-0.25, -0.2) is 17.1 Å². The monoisotopic (exact) mass is 482 g/mol. The average molecular weight is 483 g/mol. The van der Waals surface area contributed by atoms with Crippen LogP contribution in [0.3, 0.4) is 0 Å². The van der Waals surface area contributed by atoms with Crippen LogP contribution in [0.15, 0.2) is 42.5 Å². The first-order chi connectivity index (χ1) is 15.2. The summed E-state index contributed by atoms with van der Waals surface area (Å²) < 4.78 is 46.5. The Morgan fingerprint density at radius 2 is 1.91 bits per heavy atom. The van der Waals surface area contributed by atoms with Gasteiger partial charge in [0.15, 0.2) is 0 Å². The van der Waals surface area contributed by atoms with Crippen LogP contribution in [0.2, 0.25) is 5.02 Å². The number of ether oxygens (including phenoxy) is 1. The second-order valence-corrected chi connectivity index (χ2v) is 10.5. The van der Waals surface area contributed by atoms with Gasteiger partial charge in [0.25, 0.3) is 0 Å². The molecule has 0 atom stereocenters. The minimum Gasteiger partial charge on any atom is -0.491 e. The predicted octanol–water partition coefficient (Wildman–Crippen LogP) is 4.12. The molecule has 0 spiro atoms. The quantitative estimate of drug-likeness (QED) is 0.614. The van der Waals surface area contributed by atoms with E-state index in [1.165, 1.54) is 22.5 Å². The molecule has 2 aromatic carbocycles. The third-order valence-electron chi connectivity index (χ3n) is 5.34. The van der Waals surface area contributed by atoms with Gasteiger partial charge in [-0.3, -0.25) is 4.79 Å². The van der Waals surface area contributed by atoms with Crippen molar-refractivity contribution >= 4 is 27.5 Å². The molecule has 9 heteroatoms. The number of piperidine rings is 1. The Morgan fingerprint density at radius 3 is 2.56 bits per heavy atom. The standard InChI is InChI=1S/C23H28ClFN2O4S/c1-16(2)31-19-6-3-5-17(13-19)14-26-23(28)18-9-11-27(12-10-18)32(29,30)15-20-21(24)7-4-8-22(20)25/h3-8,13,16,18H,9-12,14-15H2,1-2H3,(H,26,28). The molecular formula is C23H28ClFN2O4S. The summed E-state index contributed by atoms with van der Waals surface area (Å²) in [5.41, 5.74) is 0.899. The van der Waals surface area contributed by atoms with Crippen LogP contribution in [0.25, 0.3) is 0 Å². The van der Waals surface area contributed by atoms with Crippen molar-refractivity contribution in [1.29, 1.82) is 0 Å². The molecule has 0 aromatic heterocycles. The molecule has 6 nitrogen and oxygen atoms in total. The fourth-order valence-corrected chi connectivity index (χ4v) is 5.59. The molecule has 2 aromatic rings. The lowest BCUT2D eigenvalue weighted by atomic mass is 9.97. The Kier molecular flexibility index (Phi) is 8.14. The van der Waals surface area contributed by atoms with Gasteiger partial charge in [0.1, 0.15) is 11.6 Å². The van der Waals surface area contributed by atoms with Gasteiger partial charge < -0.3 is 10.1 Å². The van der Waals surface area contributed by atoms with Crippen LogP contribution in [0, 0.1) is 11.7 Å². The van der Waals surface area contributed by atoms with Crippen molar-refractivity contribution in [3.63, 3.8) is 0 Å². The Labute approximate surface area is 193 Å². The highest BCUT2D eigenvalue weighted by Gasteiger charge is 2.32. The van der Waals surface area contributed by atoms with Crippen molar-refractivity contribution in [3.05, 3.63) is 64.4 Å². The van der Waals surface area contributed by atoms with E-state index < -0.39 is 21.6 Å². The van der Waals surface area contributed by atoms with Crippen LogP contribution in [0.1, 0.15) is 37.8 Å². The molecule has 3 rings (SSSR count). The maximum absolute atomic E-state index is 14.0. The van der Waals surface area contributed by atoms with Gasteiger partial charge in [0.2, 0.25) is 15.9 Å². The summed E-state index contributed by atoms with van der Waals surface area (Å²) >= 11 is 5.98. The van der Waals surface area contributed by atoms with Crippen molar-refractivity contribution in [3.8, 4) is 5.75 Å². The molecule has 0 saturated carbocycles. The van der Waals surface area contributed by atoms with Gasteiger partial charge in [-0.15, -0.1) is 0 Å². The number of hydrogen-bond donors (Lipinski definition) is 1. The molecule has 174 valence electrons. The van der Waals surface area contributed by atoms with Gasteiger partial charge in [-0.05, 0) is 56.5 Å². The number of amides is 1. The van der Waals surface area contributed by atoms with E-state index >= 15 is 0 Å². The number of hydrogen-bond acceptors (Lipinski definition) is 4. The van der Waals surface area contributed by atoms with Crippen LogP contribution < -0.4 is 10.1 Å². The van der Waals surface area contributed by atoms with Crippen molar-refractivity contribution in [1.82, 2.24) is 9.62 Å². The summed E-state index contributed by atoms with van der Waals surface area (Å²) in [5, 5.41) is 3.02. The summed E-state index contributed by atoms with van der Waals surface area (Å²) in [4.78, 5) is 12.6. The highest BCUT2D eigenvalue weighted by Crippen LogP contribution is 2.26. The third kappa shape index (κ3) is 6.43. The number of benzene rings is 2. The number of nitrogens with zero attached hydrogens (tertiary/aromatic N) is 1. The zero-order chi connectivity index (χ0) is 23.3. The van der Waals surface area contributed by atoms with Crippen LogP contribution in [-0.4, -0.2) is 37.8 Å². The SMILES string of the molecule is CC(C)Oc1cccc(CNC(=O)C2CCN(S(=O)(=O)Cc3c(F)cccc3Cl)CC2)c1. The van der Waals surface area contributed by atoms with Crippen LogP contribution in [-0.2, 0) is 27.1 Å². The molecule has 1 fully saturated rings. The molecule has 1 N–H and O–H groups in total. The molecule has 0 radical (unpaired) electrons. The van der Waals surface area contributed by atoms with Gasteiger partial charge in [0, 0.05) is 36.1 Å². The van der Waals surface area contributed by atoms with E-state index in [0.717, 1.165) is 11.3 Å². The maximum atomic E-state index is 14.0. The van der Waals surface area contributed by atoms with Gasteiger partial charge in [-0.2, -0.15) is 0 Å². The lowest BCUT2D eigenvalue weighted by Gasteiger charge is -2.30. The van der Waals surface area contributed by atoms with E-state index in [0.29, 0.717) is 19.4 Å². The van der Waals surface area contributed by atoms with Crippen LogP contribution in [0.5, 0.6) is 5.75 Å². The Morgan fingerprint density at radius 1 is 1.22 bits per heavy atom. The zero-order valence-corrected chi connectivity index (χ0v) is 19.8. The molecule has 0 aliphatic carbocycles. The summed E-state index contributed by atoms with van der Waals surface area (Å²) in [6, 6.07) is 11.7. The van der Waals surface area contributed by atoms with Gasteiger partial charge >= 0.3 is 0 Å². The highest BCUT2D eigenvalue weighted by atomic mass is 35.5.